The van der Waals surface area contributed by atoms with Crippen LogP contribution in [0.4, 0.5) is 0 Å². The Kier molecular flexibility index (Phi) is 1.71. The number of ether oxygens (including phenoxy) is 1. The monoisotopic (exact) mass is 154 g/mol. The summed E-state index contributed by atoms with van der Waals surface area (Å²) in [4.78, 5) is 0. The summed E-state index contributed by atoms with van der Waals surface area (Å²) in [6.07, 6.45) is 7.32. The van der Waals surface area contributed by atoms with Gasteiger partial charge in [0.05, 0.1) is 11.7 Å². The highest BCUT2D eigenvalue weighted by atomic mass is 16.5. The van der Waals surface area contributed by atoms with Gasteiger partial charge >= 0.3 is 0 Å². The Morgan fingerprint density at radius 3 is 2.91 bits per heavy atom. The first-order valence-electron chi connectivity index (χ1n) is 4.88. The first-order chi connectivity index (χ1) is 5.21. The van der Waals surface area contributed by atoms with E-state index in [-0.39, 0.29) is 5.60 Å². The van der Waals surface area contributed by atoms with Gasteiger partial charge in [-0.3, -0.25) is 0 Å². The van der Waals surface area contributed by atoms with Gasteiger partial charge in [-0.2, -0.15) is 0 Å². The van der Waals surface area contributed by atoms with Gasteiger partial charge < -0.3 is 4.74 Å². The summed E-state index contributed by atoms with van der Waals surface area (Å²) in [5.74, 6) is 0.867. The molecule has 0 spiro atoms. The molecule has 2 fully saturated rings. The predicted molar refractivity (Wildman–Crippen MR) is 45.5 cm³/mol. The number of rotatable bonds is 0. The maximum atomic E-state index is 5.95. The Hall–Kier alpha value is -0.0400. The standard InChI is InChI=1S/C10H18O/c1-8-7-9-5-3-4-6-10(9,2)11-8/h8-9H,3-7H2,1-2H3. The van der Waals surface area contributed by atoms with Crippen LogP contribution in [0.2, 0.25) is 0 Å². The maximum Gasteiger partial charge on any atom is 0.0687 e. The van der Waals surface area contributed by atoms with Crippen molar-refractivity contribution < 1.29 is 4.74 Å². The SMILES string of the molecule is CC1CC2CCCCC2(C)O1. The molecule has 11 heavy (non-hydrogen) atoms. The zero-order chi connectivity index (χ0) is 7.90. The Balaban J connectivity index is 2.11. The maximum absolute atomic E-state index is 5.95. The number of hydrogen-bond acceptors (Lipinski definition) is 1. The van der Waals surface area contributed by atoms with E-state index < -0.39 is 0 Å². The van der Waals surface area contributed by atoms with E-state index in [4.69, 9.17) is 4.74 Å². The van der Waals surface area contributed by atoms with Crippen LogP contribution in [0.3, 0.4) is 0 Å². The van der Waals surface area contributed by atoms with Crippen molar-refractivity contribution in [3.8, 4) is 0 Å². The molecular weight excluding hydrogens is 136 g/mol. The zero-order valence-corrected chi connectivity index (χ0v) is 7.60. The second kappa shape index (κ2) is 2.48. The highest BCUT2D eigenvalue weighted by Crippen LogP contribution is 2.45. The average Bonchev–Trinajstić information content (AvgIpc) is 2.22. The normalized spacial score (nSPS) is 50.7. The predicted octanol–water partition coefficient (Wildman–Crippen LogP) is 2.74. The summed E-state index contributed by atoms with van der Waals surface area (Å²) in [6, 6.07) is 0. The zero-order valence-electron chi connectivity index (χ0n) is 7.60. The Morgan fingerprint density at radius 2 is 2.18 bits per heavy atom. The van der Waals surface area contributed by atoms with Crippen molar-refractivity contribution in [2.45, 2.75) is 57.7 Å². The van der Waals surface area contributed by atoms with Crippen molar-refractivity contribution in [2.75, 3.05) is 0 Å². The third-order valence-electron chi connectivity index (χ3n) is 3.43. The third kappa shape index (κ3) is 1.20. The number of hydrogen-bond donors (Lipinski definition) is 0. The summed E-state index contributed by atoms with van der Waals surface area (Å²) in [5.41, 5.74) is 0.262. The van der Waals surface area contributed by atoms with Gasteiger partial charge in [0.15, 0.2) is 0 Å². The molecule has 0 N–H and O–H groups in total. The molecule has 1 aliphatic carbocycles. The summed E-state index contributed by atoms with van der Waals surface area (Å²) in [5, 5.41) is 0. The fourth-order valence-corrected chi connectivity index (χ4v) is 2.81. The minimum Gasteiger partial charge on any atom is -0.372 e. The van der Waals surface area contributed by atoms with Crippen LogP contribution in [0.25, 0.3) is 0 Å². The van der Waals surface area contributed by atoms with Crippen LogP contribution in [-0.4, -0.2) is 11.7 Å². The van der Waals surface area contributed by atoms with Gasteiger partial charge in [0.2, 0.25) is 0 Å². The number of fused-ring (bicyclic) bond motifs is 1. The van der Waals surface area contributed by atoms with Gasteiger partial charge in [-0.15, -0.1) is 0 Å². The van der Waals surface area contributed by atoms with Crippen molar-refractivity contribution in [3.05, 3.63) is 0 Å². The molecule has 0 aromatic heterocycles. The Morgan fingerprint density at radius 1 is 1.36 bits per heavy atom. The van der Waals surface area contributed by atoms with Crippen molar-refractivity contribution in [2.24, 2.45) is 5.92 Å². The third-order valence-corrected chi connectivity index (χ3v) is 3.43. The molecule has 1 nitrogen and oxygen atoms in total. The summed E-state index contributed by atoms with van der Waals surface area (Å²) in [7, 11) is 0. The highest BCUT2D eigenvalue weighted by molar-refractivity contribution is 4.94. The van der Waals surface area contributed by atoms with Gasteiger partial charge in [0.25, 0.3) is 0 Å². The minimum atomic E-state index is 0.262. The van der Waals surface area contributed by atoms with Gasteiger partial charge in [0, 0.05) is 0 Å². The molecule has 1 heteroatoms. The van der Waals surface area contributed by atoms with Crippen LogP contribution in [0.15, 0.2) is 0 Å². The fourth-order valence-electron chi connectivity index (χ4n) is 2.81. The molecule has 1 aliphatic heterocycles. The molecule has 0 radical (unpaired) electrons. The molecule has 1 saturated heterocycles. The second-order valence-corrected chi connectivity index (χ2v) is 4.42. The van der Waals surface area contributed by atoms with Gasteiger partial charge in [0.1, 0.15) is 0 Å². The lowest BCUT2D eigenvalue weighted by atomic mass is 9.76. The molecule has 0 amide bonds. The lowest BCUT2D eigenvalue weighted by molar-refractivity contribution is -0.0566. The molecule has 64 valence electrons. The van der Waals surface area contributed by atoms with Crippen LogP contribution < -0.4 is 0 Å². The van der Waals surface area contributed by atoms with E-state index in [9.17, 15) is 0 Å². The van der Waals surface area contributed by atoms with Crippen molar-refractivity contribution in [1.82, 2.24) is 0 Å². The van der Waals surface area contributed by atoms with Gasteiger partial charge in [-0.25, -0.2) is 0 Å². The van der Waals surface area contributed by atoms with Crippen LogP contribution >= 0.6 is 0 Å². The van der Waals surface area contributed by atoms with Crippen molar-refractivity contribution >= 4 is 0 Å². The molecule has 2 aliphatic rings. The van der Waals surface area contributed by atoms with Crippen LogP contribution in [-0.2, 0) is 4.74 Å². The van der Waals surface area contributed by atoms with E-state index in [1.165, 1.54) is 32.1 Å². The Labute approximate surface area is 69.1 Å². The van der Waals surface area contributed by atoms with E-state index in [2.05, 4.69) is 13.8 Å². The van der Waals surface area contributed by atoms with Crippen LogP contribution in [0.1, 0.15) is 46.0 Å². The van der Waals surface area contributed by atoms with E-state index >= 15 is 0 Å². The molecule has 0 bridgehead atoms. The van der Waals surface area contributed by atoms with E-state index in [1.807, 2.05) is 0 Å². The van der Waals surface area contributed by atoms with E-state index in [1.54, 1.807) is 0 Å². The van der Waals surface area contributed by atoms with Gasteiger partial charge in [-0.1, -0.05) is 12.8 Å². The minimum absolute atomic E-state index is 0.262. The molecule has 0 aromatic rings. The van der Waals surface area contributed by atoms with Crippen molar-refractivity contribution in [1.29, 1.82) is 0 Å². The molecule has 1 saturated carbocycles. The summed E-state index contributed by atoms with van der Waals surface area (Å²) >= 11 is 0. The molecule has 2 rings (SSSR count). The Bertz CT molecular complexity index is 155. The van der Waals surface area contributed by atoms with E-state index in [0.29, 0.717) is 6.10 Å². The smallest absolute Gasteiger partial charge is 0.0687 e. The van der Waals surface area contributed by atoms with Crippen molar-refractivity contribution in [3.63, 3.8) is 0 Å². The first-order valence-corrected chi connectivity index (χ1v) is 4.88. The second-order valence-electron chi connectivity index (χ2n) is 4.42. The average molecular weight is 154 g/mol. The van der Waals surface area contributed by atoms with Crippen LogP contribution in [0, 0.1) is 5.92 Å². The molecule has 3 atom stereocenters. The molecular formula is C10H18O. The fraction of sp³-hybridized carbons (Fsp3) is 1.00. The first kappa shape index (κ1) is 7.60. The topological polar surface area (TPSA) is 9.23 Å². The highest BCUT2D eigenvalue weighted by Gasteiger charge is 2.44. The lowest BCUT2D eigenvalue weighted by Crippen LogP contribution is -2.34. The quantitative estimate of drug-likeness (QED) is 0.521. The summed E-state index contributed by atoms with van der Waals surface area (Å²) in [6.45, 7) is 4.52. The molecule has 3 unspecified atom stereocenters. The lowest BCUT2D eigenvalue weighted by Gasteiger charge is -2.34. The van der Waals surface area contributed by atoms with E-state index in [0.717, 1.165) is 5.92 Å². The van der Waals surface area contributed by atoms with Gasteiger partial charge in [-0.05, 0) is 39.0 Å². The molecule has 1 heterocycles. The summed E-state index contributed by atoms with van der Waals surface area (Å²) < 4.78 is 5.95. The van der Waals surface area contributed by atoms with Crippen LogP contribution in [0.5, 0.6) is 0 Å². The molecule has 0 aromatic carbocycles. The largest absolute Gasteiger partial charge is 0.372 e.